The van der Waals surface area contributed by atoms with Crippen molar-refractivity contribution in [3.63, 3.8) is 0 Å². The number of hydrogen-bond acceptors (Lipinski definition) is 3. The molecule has 4 heteroatoms. The Bertz CT molecular complexity index is 350. The smallest absolute Gasteiger partial charge is 0.303 e. The third kappa shape index (κ3) is 6.02. The van der Waals surface area contributed by atoms with Crippen molar-refractivity contribution in [1.82, 2.24) is 10.3 Å². The molecule has 0 amide bonds. The number of carbonyl (C=O) groups is 1. The van der Waals surface area contributed by atoms with Crippen molar-refractivity contribution in [2.45, 2.75) is 26.7 Å². The molecule has 1 aromatic rings. The Hall–Kier alpha value is -1.42. The van der Waals surface area contributed by atoms with Gasteiger partial charge in [-0.25, -0.2) is 0 Å². The predicted octanol–water partition coefficient (Wildman–Crippen LogP) is 1.71. The number of rotatable bonds is 7. The van der Waals surface area contributed by atoms with Crippen LogP contribution < -0.4 is 5.32 Å². The maximum Gasteiger partial charge on any atom is 0.303 e. The lowest BCUT2D eigenvalue weighted by atomic mass is 9.89. The lowest BCUT2D eigenvalue weighted by molar-refractivity contribution is -0.139. The van der Waals surface area contributed by atoms with E-state index in [2.05, 4.69) is 10.3 Å². The monoisotopic (exact) mass is 236 g/mol. The molecule has 0 spiro atoms. The first-order valence-electron chi connectivity index (χ1n) is 5.81. The highest BCUT2D eigenvalue weighted by Crippen LogP contribution is 2.18. The third-order valence-corrected chi connectivity index (χ3v) is 2.57. The van der Waals surface area contributed by atoms with Crippen molar-refractivity contribution in [2.75, 3.05) is 13.1 Å². The zero-order chi connectivity index (χ0) is 12.7. The summed E-state index contributed by atoms with van der Waals surface area (Å²) >= 11 is 0. The number of nitrogens with one attached hydrogen (secondary N) is 1. The highest BCUT2D eigenvalue weighted by molar-refractivity contribution is 5.67. The first-order chi connectivity index (χ1) is 7.99. The summed E-state index contributed by atoms with van der Waals surface area (Å²) in [6.07, 6.45) is 4.69. The van der Waals surface area contributed by atoms with Gasteiger partial charge in [-0.05, 0) is 36.1 Å². The Kier molecular flexibility index (Phi) is 5.10. The Morgan fingerprint density at radius 2 is 2.06 bits per heavy atom. The van der Waals surface area contributed by atoms with Gasteiger partial charge in [0.25, 0.3) is 0 Å². The molecule has 0 fully saturated rings. The highest BCUT2D eigenvalue weighted by Gasteiger charge is 2.20. The molecule has 0 bridgehead atoms. The van der Waals surface area contributed by atoms with Crippen LogP contribution in [0.25, 0.3) is 0 Å². The van der Waals surface area contributed by atoms with Gasteiger partial charge in [-0.2, -0.15) is 0 Å². The fraction of sp³-hybridized carbons (Fsp3) is 0.538. The van der Waals surface area contributed by atoms with E-state index in [0.29, 0.717) is 6.54 Å². The molecule has 17 heavy (non-hydrogen) atoms. The molecular weight excluding hydrogens is 216 g/mol. The average Bonchev–Trinajstić information content (AvgIpc) is 2.24. The van der Waals surface area contributed by atoms with Crippen LogP contribution in [0.3, 0.4) is 0 Å². The molecule has 4 nitrogen and oxygen atoms in total. The molecule has 0 atom stereocenters. The molecule has 1 aromatic heterocycles. The molecule has 0 unspecified atom stereocenters. The van der Waals surface area contributed by atoms with Gasteiger partial charge >= 0.3 is 5.97 Å². The molecular formula is C13H20N2O2. The van der Waals surface area contributed by atoms with Gasteiger partial charge in [-0.15, -0.1) is 0 Å². The molecule has 0 aliphatic carbocycles. The van der Waals surface area contributed by atoms with Crippen LogP contribution in [-0.4, -0.2) is 29.1 Å². The molecule has 0 aliphatic heterocycles. The van der Waals surface area contributed by atoms with Crippen molar-refractivity contribution in [3.05, 3.63) is 30.1 Å². The van der Waals surface area contributed by atoms with E-state index in [-0.39, 0.29) is 11.8 Å². The number of carboxylic acid groups (broad SMARTS) is 1. The standard InChI is InChI=1S/C13H20N2O2/c1-13(2,9-12(16)17)10-15-8-5-11-3-6-14-7-4-11/h3-4,6-7,15H,5,8-10H2,1-2H3,(H,16,17). The molecule has 1 rings (SSSR count). The first-order valence-corrected chi connectivity index (χ1v) is 5.81. The van der Waals surface area contributed by atoms with E-state index < -0.39 is 5.97 Å². The number of nitrogens with zero attached hydrogens (tertiary/aromatic N) is 1. The second-order valence-electron chi connectivity index (χ2n) is 5.02. The summed E-state index contributed by atoms with van der Waals surface area (Å²) in [5.74, 6) is -0.745. The second-order valence-corrected chi connectivity index (χ2v) is 5.02. The summed E-state index contributed by atoms with van der Waals surface area (Å²) in [5, 5.41) is 12.0. The summed E-state index contributed by atoms with van der Waals surface area (Å²) in [4.78, 5) is 14.6. The molecule has 0 saturated heterocycles. The van der Waals surface area contributed by atoms with Crippen LogP contribution in [0.15, 0.2) is 24.5 Å². The quantitative estimate of drug-likeness (QED) is 0.708. The molecule has 0 aromatic carbocycles. The minimum Gasteiger partial charge on any atom is -0.481 e. The topological polar surface area (TPSA) is 62.2 Å². The Morgan fingerprint density at radius 1 is 1.41 bits per heavy atom. The lowest BCUT2D eigenvalue weighted by Crippen LogP contribution is -2.32. The van der Waals surface area contributed by atoms with Gasteiger partial charge in [0, 0.05) is 18.9 Å². The van der Waals surface area contributed by atoms with Crippen LogP contribution in [0.5, 0.6) is 0 Å². The van der Waals surface area contributed by atoms with Gasteiger partial charge in [0.1, 0.15) is 0 Å². The van der Waals surface area contributed by atoms with Crippen molar-refractivity contribution in [1.29, 1.82) is 0 Å². The minimum atomic E-state index is -0.745. The van der Waals surface area contributed by atoms with Crippen molar-refractivity contribution in [2.24, 2.45) is 5.41 Å². The molecule has 0 radical (unpaired) electrons. The van der Waals surface area contributed by atoms with Gasteiger partial charge < -0.3 is 10.4 Å². The van der Waals surface area contributed by atoms with Gasteiger partial charge in [-0.1, -0.05) is 13.8 Å². The Balaban J connectivity index is 2.22. The number of aliphatic carboxylic acids is 1. The summed E-state index contributed by atoms with van der Waals surface area (Å²) < 4.78 is 0. The molecule has 1 heterocycles. The van der Waals surface area contributed by atoms with E-state index in [0.717, 1.165) is 13.0 Å². The van der Waals surface area contributed by atoms with Crippen molar-refractivity contribution >= 4 is 5.97 Å². The van der Waals surface area contributed by atoms with Crippen LogP contribution in [0.2, 0.25) is 0 Å². The summed E-state index contributed by atoms with van der Waals surface area (Å²) in [6.45, 7) is 5.48. The Morgan fingerprint density at radius 3 is 2.65 bits per heavy atom. The normalized spacial score (nSPS) is 11.4. The van der Waals surface area contributed by atoms with Crippen LogP contribution in [0, 0.1) is 5.41 Å². The van der Waals surface area contributed by atoms with Crippen LogP contribution in [0.4, 0.5) is 0 Å². The number of carboxylic acids is 1. The fourth-order valence-corrected chi connectivity index (χ4v) is 1.68. The van der Waals surface area contributed by atoms with Crippen molar-refractivity contribution < 1.29 is 9.90 Å². The van der Waals surface area contributed by atoms with Gasteiger partial charge in [-0.3, -0.25) is 9.78 Å². The number of aromatic nitrogens is 1. The molecule has 2 N–H and O–H groups in total. The third-order valence-electron chi connectivity index (χ3n) is 2.57. The van der Waals surface area contributed by atoms with E-state index in [1.807, 2.05) is 26.0 Å². The largest absolute Gasteiger partial charge is 0.481 e. The summed E-state index contributed by atoms with van der Waals surface area (Å²) in [6, 6.07) is 3.98. The molecule has 94 valence electrons. The zero-order valence-electron chi connectivity index (χ0n) is 10.4. The van der Waals surface area contributed by atoms with Crippen LogP contribution in [0.1, 0.15) is 25.8 Å². The van der Waals surface area contributed by atoms with Crippen molar-refractivity contribution in [3.8, 4) is 0 Å². The minimum absolute atomic E-state index is 0.190. The van der Waals surface area contributed by atoms with Gasteiger partial charge in [0.05, 0.1) is 6.42 Å². The summed E-state index contributed by atoms with van der Waals surface area (Å²) in [7, 11) is 0. The molecule has 0 aliphatic rings. The van der Waals surface area contributed by atoms with E-state index in [1.54, 1.807) is 12.4 Å². The van der Waals surface area contributed by atoms with Gasteiger partial charge in [0.2, 0.25) is 0 Å². The fourth-order valence-electron chi connectivity index (χ4n) is 1.68. The average molecular weight is 236 g/mol. The van der Waals surface area contributed by atoms with Crippen LogP contribution in [-0.2, 0) is 11.2 Å². The van der Waals surface area contributed by atoms with E-state index in [9.17, 15) is 4.79 Å². The predicted molar refractivity (Wildman–Crippen MR) is 66.8 cm³/mol. The second kappa shape index (κ2) is 6.35. The van der Waals surface area contributed by atoms with Gasteiger partial charge in [0.15, 0.2) is 0 Å². The first kappa shape index (κ1) is 13.6. The van der Waals surface area contributed by atoms with E-state index in [1.165, 1.54) is 5.56 Å². The zero-order valence-corrected chi connectivity index (χ0v) is 10.4. The van der Waals surface area contributed by atoms with Crippen LogP contribution >= 0.6 is 0 Å². The van der Waals surface area contributed by atoms with E-state index in [4.69, 9.17) is 5.11 Å². The summed E-state index contributed by atoms with van der Waals surface area (Å²) in [5.41, 5.74) is 1.04. The maximum atomic E-state index is 10.6. The Labute approximate surface area is 102 Å². The highest BCUT2D eigenvalue weighted by atomic mass is 16.4. The number of pyridine rings is 1. The SMILES string of the molecule is CC(C)(CNCCc1ccncc1)CC(=O)O. The maximum absolute atomic E-state index is 10.6. The van der Waals surface area contributed by atoms with E-state index >= 15 is 0 Å². The molecule has 0 saturated carbocycles. The number of hydrogen-bond donors (Lipinski definition) is 2. The lowest BCUT2D eigenvalue weighted by Gasteiger charge is -2.22.